The van der Waals surface area contributed by atoms with E-state index >= 15 is 0 Å². The molecule has 0 unspecified atom stereocenters. The second-order valence-corrected chi connectivity index (χ2v) is 5.72. The van der Waals surface area contributed by atoms with Crippen molar-refractivity contribution in [3.8, 4) is 0 Å². The second-order valence-electron chi connectivity index (χ2n) is 5.72. The summed E-state index contributed by atoms with van der Waals surface area (Å²) in [6, 6.07) is 0. The topological polar surface area (TPSA) is 38.3 Å². The van der Waals surface area contributed by atoms with Gasteiger partial charge in [0.2, 0.25) is 0 Å². The molecule has 0 spiro atoms. The second kappa shape index (κ2) is 6.43. The summed E-state index contributed by atoms with van der Waals surface area (Å²) in [7, 11) is 0. The van der Waals surface area contributed by atoms with Crippen molar-refractivity contribution in [2.75, 3.05) is 0 Å². The van der Waals surface area contributed by atoms with Crippen LogP contribution in [-0.4, -0.2) is 17.2 Å². The number of carbonyl (C=O) groups excluding carboxylic acids is 1. The number of hydrogen-bond donors (Lipinski definition) is 1. The van der Waals surface area contributed by atoms with Crippen molar-refractivity contribution in [1.29, 1.82) is 0 Å². The Kier molecular flexibility index (Phi) is 5.89. The number of hydrogen-bond acceptors (Lipinski definition) is 2. The third-order valence-corrected chi connectivity index (χ3v) is 2.39. The molecule has 0 aromatic heterocycles. The maximum atomic E-state index is 11.7. The molecule has 0 aliphatic carbocycles. The van der Waals surface area contributed by atoms with Gasteiger partial charge in [0.25, 0.3) is 0 Å². The van der Waals surface area contributed by atoms with Gasteiger partial charge in [0, 0.05) is 0 Å². The number of rotatable bonds is 4. The van der Waals surface area contributed by atoms with Gasteiger partial charge in [0.1, 0.15) is 5.60 Å². The maximum Gasteiger partial charge on any atom is 0.408 e. The van der Waals surface area contributed by atoms with E-state index in [1.165, 1.54) is 0 Å². The van der Waals surface area contributed by atoms with Gasteiger partial charge in [0.05, 0.1) is 5.54 Å². The summed E-state index contributed by atoms with van der Waals surface area (Å²) in [6.07, 6.45) is 6.97. The lowest BCUT2D eigenvalue weighted by Gasteiger charge is -2.29. The predicted molar refractivity (Wildman–Crippen MR) is 76.5 cm³/mol. The molecule has 0 aromatic rings. The Morgan fingerprint density at radius 1 is 1.17 bits per heavy atom. The van der Waals surface area contributed by atoms with Crippen molar-refractivity contribution in [2.45, 2.75) is 52.7 Å². The Hall–Kier alpha value is -1.51. The number of amides is 1. The van der Waals surface area contributed by atoms with E-state index in [4.69, 9.17) is 4.74 Å². The molecule has 0 aliphatic heterocycles. The molecule has 0 aromatic carbocycles. The van der Waals surface area contributed by atoms with Crippen LogP contribution in [0.3, 0.4) is 0 Å². The lowest BCUT2D eigenvalue weighted by Crippen LogP contribution is -2.46. The van der Waals surface area contributed by atoms with Gasteiger partial charge < -0.3 is 10.1 Å². The van der Waals surface area contributed by atoms with E-state index in [0.717, 1.165) is 5.57 Å². The summed E-state index contributed by atoms with van der Waals surface area (Å²) in [5.74, 6) is 0. The summed E-state index contributed by atoms with van der Waals surface area (Å²) in [6.45, 7) is 15.0. The maximum absolute atomic E-state index is 11.7. The predicted octanol–water partition coefficient (Wildman–Crippen LogP) is 3.98. The molecule has 0 saturated carbocycles. The van der Waals surface area contributed by atoms with Gasteiger partial charge >= 0.3 is 6.09 Å². The largest absolute Gasteiger partial charge is 0.444 e. The molecular formula is C15H25NO2. The monoisotopic (exact) mass is 251 g/mol. The quantitative estimate of drug-likeness (QED) is 0.767. The molecule has 0 rings (SSSR count). The van der Waals surface area contributed by atoms with E-state index in [9.17, 15) is 4.79 Å². The van der Waals surface area contributed by atoms with Gasteiger partial charge in [-0.15, -0.1) is 0 Å². The fourth-order valence-electron chi connectivity index (χ4n) is 1.14. The van der Waals surface area contributed by atoms with E-state index in [0.29, 0.717) is 0 Å². The van der Waals surface area contributed by atoms with Gasteiger partial charge in [-0.05, 0) is 47.1 Å². The molecule has 18 heavy (non-hydrogen) atoms. The minimum absolute atomic E-state index is 0.409. The lowest BCUT2D eigenvalue weighted by molar-refractivity contribution is 0.0486. The first kappa shape index (κ1) is 16.5. The molecule has 0 aliphatic rings. The zero-order valence-electron chi connectivity index (χ0n) is 12.3. The van der Waals surface area contributed by atoms with E-state index in [1.54, 1.807) is 6.08 Å². The van der Waals surface area contributed by atoms with Crippen LogP contribution in [-0.2, 0) is 4.74 Å². The van der Waals surface area contributed by atoms with Crippen molar-refractivity contribution in [3.63, 3.8) is 0 Å². The van der Waals surface area contributed by atoms with Gasteiger partial charge in [-0.25, -0.2) is 4.79 Å². The number of nitrogens with one attached hydrogen (secondary N) is 1. The molecule has 1 N–H and O–H groups in total. The molecule has 0 radical (unpaired) electrons. The van der Waals surface area contributed by atoms with Gasteiger partial charge in [-0.3, -0.25) is 0 Å². The first-order chi connectivity index (χ1) is 8.08. The normalized spacial score (nSPS) is 13.6. The lowest BCUT2D eigenvalue weighted by atomic mass is 9.95. The summed E-state index contributed by atoms with van der Waals surface area (Å²) < 4.78 is 5.24. The molecule has 0 bridgehead atoms. The number of alkyl carbamates (subject to hydrolysis) is 1. The van der Waals surface area contributed by atoms with Gasteiger partial charge in [-0.1, -0.05) is 30.9 Å². The van der Waals surface area contributed by atoms with Crippen LogP contribution < -0.4 is 5.32 Å². The zero-order chi connectivity index (χ0) is 14.4. The fraction of sp³-hybridized carbons (Fsp3) is 0.533. The first-order valence-electron chi connectivity index (χ1n) is 6.06. The van der Waals surface area contributed by atoms with Crippen LogP contribution in [0.1, 0.15) is 41.5 Å². The van der Waals surface area contributed by atoms with E-state index < -0.39 is 17.2 Å². The number of allylic oxidation sites excluding steroid dienone is 4. The Balaban J connectivity index is 4.64. The summed E-state index contributed by atoms with van der Waals surface area (Å²) >= 11 is 0. The molecule has 0 atom stereocenters. The molecule has 3 nitrogen and oxygen atoms in total. The van der Waals surface area contributed by atoms with Crippen LogP contribution in [0.2, 0.25) is 0 Å². The first-order valence-corrected chi connectivity index (χ1v) is 6.06. The van der Waals surface area contributed by atoms with Crippen molar-refractivity contribution >= 4 is 6.09 Å². The minimum atomic E-state index is -0.486. The van der Waals surface area contributed by atoms with Crippen molar-refractivity contribution in [1.82, 2.24) is 5.32 Å². The van der Waals surface area contributed by atoms with Crippen LogP contribution in [0.5, 0.6) is 0 Å². The number of ether oxygens (including phenoxy) is 1. The van der Waals surface area contributed by atoms with Crippen molar-refractivity contribution in [3.05, 3.63) is 36.5 Å². The Morgan fingerprint density at radius 2 is 1.72 bits per heavy atom. The van der Waals surface area contributed by atoms with Gasteiger partial charge in [0.15, 0.2) is 0 Å². The summed E-state index contributed by atoms with van der Waals surface area (Å²) in [5.41, 5.74) is 0.0976. The highest BCUT2D eigenvalue weighted by molar-refractivity contribution is 5.69. The van der Waals surface area contributed by atoms with Crippen LogP contribution in [0.4, 0.5) is 4.79 Å². The van der Waals surface area contributed by atoms with Crippen LogP contribution in [0, 0.1) is 0 Å². The zero-order valence-corrected chi connectivity index (χ0v) is 12.3. The highest BCUT2D eigenvalue weighted by Gasteiger charge is 2.25. The molecule has 0 fully saturated rings. The van der Waals surface area contributed by atoms with E-state index in [-0.39, 0.29) is 0 Å². The molecule has 0 heterocycles. The minimum Gasteiger partial charge on any atom is -0.444 e. The Morgan fingerprint density at radius 3 is 2.17 bits per heavy atom. The van der Waals surface area contributed by atoms with Crippen LogP contribution in [0.25, 0.3) is 0 Å². The summed E-state index contributed by atoms with van der Waals surface area (Å²) in [5, 5.41) is 2.85. The van der Waals surface area contributed by atoms with Crippen LogP contribution in [0.15, 0.2) is 36.5 Å². The standard InChI is InChI=1S/C15H25NO2/c1-8-9-10-11-12(2)15(6,7)16-13(17)18-14(3,4)5/h8-11H,1H2,2-7H3,(H,16,17)/b10-9-,12-11+. The molecule has 1 amide bonds. The van der Waals surface area contributed by atoms with E-state index in [1.807, 2.05) is 59.8 Å². The van der Waals surface area contributed by atoms with E-state index in [2.05, 4.69) is 11.9 Å². The third-order valence-electron chi connectivity index (χ3n) is 2.39. The average molecular weight is 251 g/mol. The van der Waals surface area contributed by atoms with Gasteiger partial charge in [-0.2, -0.15) is 0 Å². The molecule has 3 heteroatoms. The van der Waals surface area contributed by atoms with Crippen molar-refractivity contribution in [2.24, 2.45) is 0 Å². The smallest absolute Gasteiger partial charge is 0.408 e. The SMILES string of the molecule is C=C/C=C\C=C(/C)C(C)(C)NC(=O)OC(C)(C)C. The molecule has 0 saturated heterocycles. The summed E-state index contributed by atoms with van der Waals surface area (Å²) in [4.78, 5) is 11.7. The fourth-order valence-corrected chi connectivity index (χ4v) is 1.14. The van der Waals surface area contributed by atoms with Crippen LogP contribution >= 0.6 is 0 Å². The molecule has 102 valence electrons. The van der Waals surface area contributed by atoms with Crippen molar-refractivity contribution < 1.29 is 9.53 Å². The highest BCUT2D eigenvalue weighted by atomic mass is 16.6. The number of carbonyl (C=O) groups is 1. The Bertz CT molecular complexity index is 357. The molecular weight excluding hydrogens is 226 g/mol. The third kappa shape index (κ3) is 6.94. The average Bonchev–Trinajstić information content (AvgIpc) is 2.13. The Labute approximate surface area is 111 Å². The highest BCUT2D eigenvalue weighted by Crippen LogP contribution is 2.16.